The molecule has 0 spiro atoms. The van der Waals surface area contributed by atoms with Gasteiger partial charge in [-0.15, -0.1) is 0 Å². The van der Waals surface area contributed by atoms with Gasteiger partial charge >= 0.3 is 0 Å². The molecule has 3 unspecified atom stereocenters. The number of hydrogen-bond donors (Lipinski definition) is 2. The summed E-state index contributed by atoms with van der Waals surface area (Å²) in [5, 5.41) is 13.3. The summed E-state index contributed by atoms with van der Waals surface area (Å²) in [6.07, 6.45) is 1.05. The van der Waals surface area contributed by atoms with Crippen LogP contribution >= 0.6 is 0 Å². The summed E-state index contributed by atoms with van der Waals surface area (Å²) in [6.45, 7) is 2.60. The van der Waals surface area contributed by atoms with Crippen LogP contribution < -0.4 is 14.8 Å². The fraction of sp³-hybridized carbons (Fsp3) is 0.538. The van der Waals surface area contributed by atoms with E-state index in [9.17, 15) is 9.32 Å². The largest absolute Gasteiger partial charge is 0.454 e. The zero-order valence-electron chi connectivity index (χ0n) is 11.1. The standard InChI is InChI=1S/C13H19NO4S/c1-9(7-19(2)16)14-6-11(15)10-3-4-12-13(5-10)18-8-17-12/h3-5,9,11,14-15H,6-8H2,1-2H3. The average Bonchev–Trinajstić information content (AvgIpc) is 2.82. The molecule has 0 aliphatic carbocycles. The number of ether oxygens (including phenoxy) is 2. The molecule has 2 rings (SSSR count). The first-order valence-corrected chi connectivity index (χ1v) is 7.90. The molecule has 106 valence electrons. The Morgan fingerprint density at radius 3 is 2.89 bits per heavy atom. The lowest BCUT2D eigenvalue weighted by molar-refractivity contribution is 0.168. The molecule has 1 aromatic rings. The molecular weight excluding hydrogens is 266 g/mol. The van der Waals surface area contributed by atoms with Gasteiger partial charge in [0.1, 0.15) is 0 Å². The molecule has 19 heavy (non-hydrogen) atoms. The SMILES string of the molecule is CC(CS(C)=O)NCC(O)c1ccc2c(c1)OCO2. The molecule has 1 aliphatic rings. The second kappa shape index (κ2) is 6.36. The maximum absolute atomic E-state index is 11.1. The van der Waals surface area contributed by atoms with Gasteiger partial charge in [0.05, 0.1) is 6.10 Å². The normalized spacial score (nSPS) is 18.1. The van der Waals surface area contributed by atoms with E-state index in [0.29, 0.717) is 23.8 Å². The molecule has 0 aromatic heterocycles. The number of hydrogen-bond acceptors (Lipinski definition) is 5. The van der Waals surface area contributed by atoms with Crippen LogP contribution in [-0.2, 0) is 10.8 Å². The Morgan fingerprint density at radius 1 is 1.42 bits per heavy atom. The smallest absolute Gasteiger partial charge is 0.231 e. The van der Waals surface area contributed by atoms with Gasteiger partial charge in [-0.3, -0.25) is 4.21 Å². The van der Waals surface area contributed by atoms with E-state index in [1.54, 1.807) is 18.4 Å². The Balaban J connectivity index is 1.89. The summed E-state index contributed by atoms with van der Waals surface area (Å²) in [7, 11) is -0.835. The second-order valence-electron chi connectivity index (χ2n) is 4.68. The molecular formula is C13H19NO4S. The molecule has 6 heteroatoms. The average molecular weight is 285 g/mol. The number of fused-ring (bicyclic) bond motifs is 1. The van der Waals surface area contributed by atoms with Crippen molar-refractivity contribution in [3.05, 3.63) is 23.8 Å². The summed E-state index contributed by atoms with van der Waals surface area (Å²) in [4.78, 5) is 0. The molecule has 0 saturated heterocycles. The monoisotopic (exact) mass is 285 g/mol. The summed E-state index contributed by atoms with van der Waals surface area (Å²) in [5.41, 5.74) is 0.779. The summed E-state index contributed by atoms with van der Waals surface area (Å²) in [5.74, 6) is 1.95. The van der Waals surface area contributed by atoms with Crippen LogP contribution in [0.2, 0.25) is 0 Å². The van der Waals surface area contributed by atoms with E-state index in [-0.39, 0.29) is 12.8 Å². The van der Waals surface area contributed by atoms with Gasteiger partial charge < -0.3 is 19.9 Å². The second-order valence-corrected chi connectivity index (χ2v) is 6.16. The van der Waals surface area contributed by atoms with Crippen LogP contribution in [0.25, 0.3) is 0 Å². The highest BCUT2D eigenvalue weighted by Gasteiger charge is 2.17. The van der Waals surface area contributed by atoms with E-state index in [0.717, 1.165) is 5.56 Å². The van der Waals surface area contributed by atoms with Crippen molar-refractivity contribution in [3.8, 4) is 11.5 Å². The summed E-state index contributed by atoms with van der Waals surface area (Å²) < 4.78 is 21.6. The molecule has 0 amide bonds. The highest BCUT2D eigenvalue weighted by molar-refractivity contribution is 7.84. The van der Waals surface area contributed by atoms with Crippen LogP contribution in [0.3, 0.4) is 0 Å². The zero-order valence-corrected chi connectivity index (χ0v) is 11.9. The van der Waals surface area contributed by atoms with Crippen molar-refractivity contribution in [2.24, 2.45) is 0 Å². The highest BCUT2D eigenvalue weighted by Crippen LogP contribution is 2.34. The Hall–Kier alpha value is -1.11. The van der Waals surface area contributed by atoms with Crippen LogP contribution in [0.15, 0.2) is 18.2 Å². The lowest BCUT2D eigenvalue weighted by Gasteiger charge is -2.16. The fourth-order valence-electron chi connectivity index (χ4n) is 1.96. The maximum atomic E-state index is 11.1. The predicted molar refractivity (Wildman–Crippen MR) is 73.9 cm³/mol. The van der Waals surface area contributed by atoms with Crippen LogP contribution in [0.4, 0.5) is 0 Å². The van der Waals surface area contributed by atoms with Gasteiger partial charge in [0.25, 0.3) is 0 Å². The van der Waals surface area contributed by atoms with Gasteiger partial charge in [0.2, 0.25) is 6.79 Å². The topological polar surface area (TPSA) is 67.8 Å². The lowest BCUT2D eigenvalue weighted by atomic mass is 10.1. The van der Waals surface area contributed by atoms with Gasteiger partial charge in [0, 0.05) is 35.4 Å². The number of rotatable bonds is 6. The van der Waals surface area contributed by atoms with E-state index in [1.165, 1.54) is 0 Å². The molecule has 0 saturated carbocycles. The van der Waals surface area contributed by atoms with Gasteiger partial charge in [-0.2, -0.15) is 0 Å². The van der Waals surface area contributed by atoms with E-state index in [4.69, 9.17) is 9.47 Å². The minimum atomic E-state index is -0.835. The van der Waals surface area contributed by atoms with Gasteiger partial charge in [-0.1, -0.05) is 6.07 Å². The van der Waals surface area contributed by atoms with Crippen molar-refractivity contribution < 1.29 is 18.8 Å². The van der Waals surface area contributed by atoms with Crippen LogP contribution in [0.1, 0.15) is 18.6 Å². The Labute approximate surface area is 115 Å². The van der Waals surface area contributed by atoms with Gasteiger partial charge in [0.15, 0.2) is 11.5 Å². The van der Waals surface area contributed by atoms with Crippen molar-refractivity contribution >= 4 is 10.8 Å². The molecule has 1 aliphatic heterocycles. The van der Waals surface area contributed by atoms with E-state index >= 15 is 0 Å². The first-order valence-electron chi connectivity index (χ1n) is 6.17. The van der Waals surface area contributed by atoms with Crippen LogP contribution in [0, 0.1) is 0 Å². The zero-order chi connectivity index (χ0) is 13.8. The quantitative estimate of drug-likeness (QED) is 0.809. The van der Waals surface area contributed by atoms with E-state index in [1.807, 2.05) is 13.0 Å². The Bertz CT molecular complexity index is 466. The first-order chi connectivity index (χ1) is 9.06. The van der Waals surface area contributed by atoms with Crippen LogP contribution in [0.5, 0.6) is 11.5 Å². The highest BCUT2D eigenvalue weighted by atomic mass is 32.2. The molecule has 2 N–H and O–H groups in total. The van der Waals surface area contributed by atoms with Crippen molar-refractivity contribution in [3.63, 3.8) is 0 Å². The third kappa shape index (κ3) is 3.92. The third-order valence-corrected chi connectivity index (χ3v) is 3.90. The Morgan fingerprint density at radius 2 is 2.16 bits per heavy atom. The molecule has 0 fully saturated rings. The van der Waals surface area contributed by atoms with E-state index < -0.39 is 16.9 Å². The van der Waals surface area contributed by atoms with Gasteiger partial charge in [-0.05, 0) is 24.6 Å². The van der Waals surface area contributed by atoms with Crippen molar-refractivity contribution in [1.29, 1.82) is 0 Å². The molecule has 3 atom stereocenters. The number of aliphatic hydroxyl groups excluding tert-OH is 1. The number of aliphatic hydroxyl groups is 1. The molecule has 1 heterocycles. The van der Waals surface area contributed by atoms with E-state index in [2.05, 4.69) is 5.32 Å². The lowest BCUT2D eigenvalue weighted by Crippen LogP contribution is -2.34. The summed E-state index contributed by atoms with van der Waals surface area (Å²) in [6, 6.07) is 5.51. The summed E-state index contributed by atoms with van der Waals surface area (Å²) >= 11 is 0. The fourth-order valence-corrected chi connectivity index (χ4v) is 2.78. The van der Waals surface area contributed by atoms with Crippen molar-refractivity contribution in [2.45, 2.75) is 19.1 Å². The molecule has 1 aromatic carbocycles. The molecule has 0 radical (unpaired) electrons. The van der Waals surface area contributed by atoms with Crippen molar-refractivity contribution in [2.75, 3.05) is 25.3 Å². The maximum Gasteiger partial charge on any atom is 0.231 e. The van der Waals surface area contributed by atoms with Crippen LogP contribution in [-0.4, -0.2) is 40.7 Å². The molecule has 0 bridgehead atoms. The molecule has 5 nitrogen and oxygen atoms in total. The van der Waals surface area contributed by atoms with Gasteiger partial charge in [-0.25, -0.2) is 0 Å². The minimum Gasteiger partial charge on any atom is -0.454 e. The minimum absolute atomic E-state index is 0.106. The first kappa shape index (κ1) is 14.3. The third-order valence-electron chi connectivity index (χ3n) is 2.93. The predicted octanol–water partition coefficient (Wildman–Crippen LogP) is 0.805. The van der Waals surface area contributed by atoms with Crippen molar-refractivity contribution in [1.82, 2.24) is 5.32 Å². The Kier molecular flexibility index (Phi) is 4.79. The number of nitrogens with one attached hydrogen (secondary N) is 1. The number of benzene rings is 1.